The lowest BCUT2D eigenvalue weighted by Gasteiger charge is -2.19. The number of dihydropyridines is 1. The minimum atomic E-state index is -0.439. The van der Waals surface area contributed by atoms with E-state index in [9.17, 15) is 9.59 Å². The molecule has 0 radical (unpaired) electrons. The van der Waals surface area contributed by atoms with Gasteiger partial charge < -0.3 is 11.1 Å². The average molecular weight is 444 g/mol. The number of unbranched alkanes of at least 4 members (excludes halogenated alkanes) is 1. The van der Waals surface area contributed by atoms with Crippen molar-refractivity contribution in [3.05, 3.63) is 65.4 Å². The molecule has 7 heteroatoms. The Morgan fingerprint density at radius 3 is 2.79 bits per heavy atom. The Kier molecular flexibility index (Phi) is 6.79. The van der Waals surface area contributed by atoms with E-state index in [1.807, 2.05) is 37.3 Å². The van der Waals surface area contributed by atoms with Crippen LogP contribution in [0.15, 0.2) is 59.2 Å². The Balaban J connectivity index is 1.58. The van der Waals surface area contributed by atoms with Gasteiger partial charge in [-0.05, 0) is 74.6 Å². The number of hydrogen-bond donors (Lipinski definition) is 3. The molecule has 7 nitrogen and oxygen atoms in total. The normalized spacial score (nSPS) is 16.0. The van der Waals surface area contributed by atoms with Crippen LogP contribution in [0.2, 0.25) is 0 Å². The van der Waals surface area contributed by atoms with Crippen molar-refractivity contribution in [2.45, 2.75) is 33.1 Å². The highest BCUT2D eigenvalue weighted by Gasteiger charge is 2.24. The molecule has 3 aromatic rings. The van der Waals surface area contributed by atoms with Crippen molar-refractivity contribution in [1.82, 2.24) is 15.5 Å². The smallest absolute Gasteiger partial charge is 0.254 e. The molecule has 33 heavy (non-hydrogen) atoms. The van der Waals surface area contributed by atoms with Crippen LogP contribution in [0.1, 0.15) is 42.6 Å². The van der Waals surface area contributed by atoms with Gasteiger partial charge in [-0.25, -0.2) is 4.99 Å². The van der Waals surface area contributed by atoms with Gasteiger partial charge in [-0.15, -0.1) is 0 Å². The fourth-order valence-corrected chi connectivity index (χ4v) is 4.23. The number of nitrogens with two attached hydrogens (primary N) is 1. The van der Waals surface area contributed by atoms with E-state index in [1.54, 1.807) is 13.1 Å². The van der Waals surface area contributed by atoms with Crippen molar-refractivity contribution in [2.75, 3.05) is 13.1 Å². The summed E-state index contributed by atoms with van der Waals surface area (Å²) in [5.74, 6) is -0.901. The van der Waals surface area contributed by atoms with Crippen LogP contribution in [-0.2, 0) is 11.2 Å². The van der Waals surface area contributed by atoms with Gasteiger partial charge in [0.15, 0.2) is 0 Å². The van der Waals surface area contributed by atoms with E-state index in [4.69, 9.17) is 5.73 Å². The maximum Gasteiger partial charge on any atom is 0.254 e. The molecule has 0 bridgehead atoms. The van der Waals surface area contributed by atoms with Crippen LogP contribution in [0.25, 0.3) is 22.0 Å². The molecule has 0 saturated carbocycles. The Bertz CT molecular complexity index is 1250. The summed E-state index contributed by atoms with van der Waals surface area (Å²) in [6.07, 6.45) is 6.55. The minimum absolute atomic E-state index is 0.205. The van der Waals surface area contributed by atoms with E-state index in [-0.39, 0.29) is 18.4 Å². The number of fused-ring (bicyclic) bond motifs is 1. The van der Waals surface area contributed by atoms with Crippen LogP contribution in [0.5, 0.6) is 0 Å². The molecule has 2 amide bonds. The topological polar surface area (TPSA) is 113 Å². The van der Waals surface area contributed by atoms with Crippen molar-refractivity contribution < 1.29 is 9.59 Å². The molecule has 2 aromatic carbocycles. The molecular weight excluding hydrogens is 414 g/mol. The van der Waals surface area contributed by atoms with Crippen LogP contribution >= 0.6 is 0 Å². The predicted octanol–water partition coefficient (Wildman–Crippen LogP) is 3.80. The number of H-pyrrole nitrogens is 1. The van der Waals surface area contributed by atoms with Gasteiger partial charge in [0.05, 0.1) is 23.2 Å². The van der Waals surface area contributed by atoms with Gasteiger partial charge in [0.1, 0.15) is 0 Å². The molecule has 4 N–H and O–H groups in total. The van der Waals surface area contributed by atoms with Gasteiger partial charge in [0, 0.05) is 17.6 Å². The highest BCUT2D eigenvalue weighted by atomic mass is 16.2. The number of aromatic nitrogens is 2. The second kappa shape index (κ2) is 9.92. The second-order valence-electron chi connectivity index (χ2n) is 8.54. The van der Waals surface area contributed by atoms with Gasteiger partial charge >= 0.3 is 0 Å². The summed E-state index contributed by atoms with van der Waals surface area (Å²) in [7, 11) is 0. The number of nitrogens with zero attached hydrogens (tertiary/aromatic N) is 2. The minimum Gasteiger partial charge on any atom is -0.351 e. The van der Waals surface area contributed by atoms with Gasteiger partial charge in [0.25, 0.3) is 11.8 Å². The third kappa shape index (κ3) is 5.09. The first kappa shape index (κ1) is 22.6. The number of hydrogen-bond acceptors (Lipinski definition) is 4. The number of amides is 2. The standard InChI is InChI=1S/C26H29N5O2/c1-16-10-17(2)30-26(33)22(16)14-28-25(32)21-12-20(13-24-23(21)15-29-31-24)19-8-5-7-18(11-19)6-3-4-9-27/h5,7-8,10-13,15,22H,3-4,6,9,14,27H2,1-2H3,(H,28,32)(H,29,31). The Hall–Kier alpha value is -3.58. The molecule has 1 unspecified atom stereocenters. The lowest BCUT2D eigenvalue weighted by molar-refractivity contribution is -0.120. The lowest BCUT2D eigenvalue weighted by Crippen LogP contribution is -2.34. The number of aliphatic imine (C=N–C) groups is 1. The van der Waals surface area contributed by atoms with E-state index in [1.165, 1.54) is 5.56 Å². The Morgan fingerprint density at radius 1 is 1.15 bits per heavy atom. The zero-order valence-corrected chi connectivity index (χ0v) is 19.0. The number of carbonyl (C=O) groups is 2. The molecule has 1 aromatic heterocycles. The summed E-state index contributed by atoms with van der Waals surface area (Å²) < 4.78 is 0. The van der Waals surface area contributed by atoms with E-state index >= 15 is 0 Å². The number of carbonyl (C=O) groups excluding carboxylic acids is 2. The molecule has 0 aliphatic carbocycles. The first-order chi connectivity index (χ1) is 16.0. The van der Waals surface area contributed by atoms with Gasteiger partial charge in [-0.3, -0.25) is 14.7 Å². The maximum absolute atomic E-state index is 13.2. The van der Waals surface area contributed by atoms with Crippen LogP contribution < -0.4 is 11.1 Å². The van der Waals surface area contributed by atoms with Crippen LogP contribution in [0.4, 0.5) is 0 Å². The van der Waals surface area contributed by atoms with Gasteiger partial charge in [-0.1, -0.05) is 29.8 Å². The molecule has 2 heterocycles. The number of aryl methyl sites for hydroxylation is 1. The zero-order chi connectivity index (χ0) is 23.4. The predicted molar refractivity (Wildman–Crippen MR) is 131 cm³/mol. The second-order valence-corrected chi connectivity index (χ2v) is 8.54. The van der Waals surface area contributed by atoms with E-state index in [2.05, 4.69) is 32.6 Å². The number of rotatable bonds is 8. The van der Waals surface area contributed by atoms with Crippen LogP contribution in [0.3, 0.4) is 0 Å². The molecule has 4 rings (SSSR count). The molecule has 0 saturated heterocycles. The number of benzene rings is 2. The van der Waals surface area contributed by atoms with E-state index in [0.29, 0.717) is 17.8 Å². The number of allylic oxidation sites excluding steroid dienone is 1. The van der Waals surface area contributed by atoms with E-state index < -0.39 is 5.92 Å². The summed E-state index contributed by atoms with van der Waals surface area (Å²) in [6.45, 7) is 4.59. The summed E-state index contributed by atoms with van der Waals surface area (Å²) in [6, 6.07) is 12.2. The first-order valence-corrected chi connectivity index (χ1v) is 11.3. The van der Waals surface area contributed by atoms with Gasteiger partial charge in [-0.2, -0.15) is 5.10 Å². The van der Waals surface area contributed by atoms with Crippen molar-refractivity contribution >= 4 is 28.4 Å². The molecule has 170 valence electrons. The van der Waals surface area contributed by atoms with Crippen LogP contribution in [-0.4, -0.2) is 40.8 Å². The Morgan fingerprint density at radius 2 is 2.00 bits per heavy atom. The Labute approximate surface area is 193 Å². The van der Waals surface area contributed by atoms with Crippen molar-refractivity contribution in [3.8, 4) is 11.1 Å². The molecule has 0 spiro atoms. The SMILES string of the molecule is CC1=CC(C)=NC(=O)C1CNC(=O)c1cc(-c2cccc(CCCCN)c2)cc2[nH]ncc12. The number of aromatic amines is 1. The first-order valence-electron chi connectivity index (χ1n) is 11.3. The molecule has 1 aliphatic heterocycles. The van der Waals surface area contributed by atoms with E-state index in [0.717, 1.165) is 46.9 Å². The molecule has 0 fully saturated rings. The number of nitrogens with one attached hydrogen (secondary N) is 2. The third-order valence-electron chi connectivity index (χ3n) is 6.02. The van der Waals surface area contributed by atoms with Crippen LogP contribution in [0, 0.1) is 5.92 Å². The molecular formula is C26H29N5O2. The monoisotopic (exact) mass is 443 g/mol. The van der Waals surface area contributed by atoms with Gasteiger partial charge in [0.2, 0.25) is 0 Å². The lowest BCUT2D eigenvalue weighted by atomic mass is 9.95. The summed E-state index contributed by atoms with van der Waals surface area (Å²) >= 11 is 0. The zero-order valence-electron chi connectivity index (χ0n) is 19.0. The van der Waals surface area contributed by atoms with Crippen molar-refractivity contribution in [3.63, 3.8) is 0 Å². The summed E-state index contributed by atoms with van der Waals surface area (Å²) in [5, 5.41) is 10.8. The highest BCUT2D eigenvalue weighted by molar-refractivity contribution is 6.08. The maximum atomic E-state index is 13.2. The fraction of sp³-hybridized carbons (Fsp3) is 0.308. The average Bonchev–Trinajstić information content (AvgIpc) is 3.27. The third-order valence-corrected chi connectivity index (χ3v) is 6.02. The molecule has 1 atom stereocenters. The fourth-order valence-electron chi connectivity index (χ4n) is 4.23. The van der Waals surface area contributed by atoms with Crippen molar-refractivity contribution in [2.24, 2.45) is 16.6 Å². The van der Waals surface area contributed by atoms with Crippen molar-refractivity contribution in [1.29, 1.82) is 0 Å². The quantitative estimate of drug-likeness (QED) is 0.460. The summed E-state index contributed by atoms with van der Waals surface area (Å²) in [5.41, 5.74) is 11.7. The highest BCUT2D eigenvalue weighted by Crippen LogP contribution is 2.28. The summed E-state index contributed by atoms with van der Waals surface area (Å²) in [4.78, 5) is 29.5. The largest absolute Gasteiger partial charge is 0.351 e. The molecule has 1 aliphatic rings.